The van der Waals surface area contributed by atoms with Gasteiger partial charge in [0, 0.05) is 54.0 Å². The van der Waals surface area contributed by atoms with Crippen LogP contribution in [-0.2, 0) is 21.1 Å². The van der Waals surface area contributed by atoms with Gasteiger partial charge in [-0.2, -0.15) is 18.2 Å². The maximum Gasteiger partial charge on any atom is 0.268 e. The zero-order valence-corrected chi connectivity index (χ0v) is 59.1. The molecule has 7 heteroatoms. The molecule has 0 saturated heterocycles. The van der Waals surface area contributed by atoms with Crippen LogP contribution < -0.4 is 30.1 Å². The average molecular weight is 1660 g/mol. The van der Waals surface area contributed by atoms with E-state index in [1.165, 1.54) is 28.8 Å². The Labute approximate surface area is 731 Å². The molecular formula is C103H70N4OPtSi-2. The van der Waals surface area contributed by atoms with Crippen LogP contribution in [0, 0.1) is 25.3 Å². The van der Waals surface area contributed by atoms with E-state index in [1.54, 1.807) is 30.3 Å². The fourth-order valence-corrected chi connectivity index (χ4v) is 16.4. The van der Waals surface area contributed by atoms with Crippen molar-refractivity contribution in [2.75, 3.05) is 0 Å². The molecule has 0 saturated carbocycles. The second-order valence-corrected chi connectivity index (χ2v) is 27.2. The summed E-state index contributed by atoms with van der Waals surface area (Å²) in [6.07, 6.45) is 4.20. The number of nitrogens with zero attached hydrogens (tertiary/aromatic N) is 4. The predicted molar refractivity (Wildman–Crippen MR) is 452 cm³/mol. The minimum absolute atomic E-state index is 0. The van der Waals surface area contributed by atoms with Gasteiger partial charge in [-0.3, -0.25) is 4.57 Å². The summed E-state index contributed by atoms with van der Waals surface area (Å²) >= 11 is 0. The number of ether oxygens (including phenoxy) is 1. The van der Waals surface area contributed by atoms with Gasteiger partial charge in [-0.15, -0.1) is 29.7 Å². The summed E-state index contributed by atoms with van der Waals surface area (Å²) in [5, 5.41) is -4.11. The van der Waals surface area contributed by atoms with Crippen LogP contribution in [0.3, 0.4) is 0 Å². The van der Waals surface area contributed by atoms with Crippen molar-refractivity contribution in [3.8, 4) is 118 Å². The standard InChI is InChI=1S/C103H70N4OSi.Pt/c1-72-59-102(104-70-97(72)77-39-18-6-19-40-77)107-98-54-27-26-51-95(98)96-57-56-88(69-100(96)107)108-87-43-29-42-86(68-87)105-71-106(99-58-55-79(67-101(99)105)78-41-28-50-92(66-78)109(89-44-20-7-21-45-89,90-46-22-8-23-47-90)91-48-24-9-25-49-91)103-93(84-62-80(73-31-10-2-11-32-73)60-81(63-84)74-33-12-3-13-34-74)52-30-53-94(103)85-64-82(75-35-14-4-15-36-75)61-83(65-85)76-37-16-5-17-38-76;/h2-67,70H,1H3;/q-2;/i1D3,2D,3D,4D,5D,6D,7D,8D,9D,10D,11D,12D,13D,14D,15D,16D,17D,18D,19D,20D,21D,22D,23D,24D,25D,28D,31D,32D,33D,34D,35D,36D,37D,38D,39D,40D,41D,44D,45D,46D,47D,48D,49D,50D,60D,61D,62D,63D,64D,65D,66D;. The van der Waals surface area contributed by atoms with Gasteiger partial charge in [0.05, 0.1) is 85.3 Å². The first-order valence-corrected chi connectivity index (χ1v) is 34.7. The van der Waals surface area contributed by atoms with Crippen molar-refractivity contribution in [1.29, 1.82) is 0 Å². The molecule has 19 rings (SSSR count). The third-order valence-corrected chi connectivity index (χ3v) is 21.5. The molecule has 3 aromatic heterocycles. The number of aromatic nitrogens is 4. The van der Waals surface area contributed by atoms with Crippen LogP contribution in [0.1, 0.15) is 78.2 Å². The second-order valence-electron chi connectivity index (χ2n) is 23.7. The number of aryl methyl sites for hydroxylation is 1. The van der Waals surface area contributed by atoms with Crippen molar-refractivity contribution < 1.29 is 103 Å². The molecule has 110 heavy (non-hydrogen) atoms. The van der Waals surface area contributed by atoms with Crippen LogP contribution in [0.15, 0.2) is 405 Å². The largest absolute Gasteiger partial charge is 0.510 e. The smallest absolute Gasteiger partial charge is 0.268 e. The Hall–Kier alpha value is -13.4. The summed E-state index contributed by atoms with van der Waals surface area (Å²) in [5.74, 6) is -0.694. The maximum absolute atomic E-state index is 11.0. The summed E-state index contributed by atoms with van der Waals surface area (Å²) in [6, 6.07) is -31.5. The minimum atomic E-state index is -6.71. The maximum atomic E-state index is 11.0. The van der Waals surface area contributed by atoms with Gasteiger partial charge in [0.25, 0.3) is 6.33 Å². The van der Waals surface area contributed by atoms with E-state index in [4.69, 9.17) is 36.3 Å². The van der Waals surface area contributed by atoms with Crippen molar-refractivity contribution in [3.05, 3.63) is 429 Å². The third-order valence-electron chi connectivity index (χ3n) is 17.5. The molecule has 0 fully saturated rings. The summed E-state index contributed by atoms with van der Waals surface area (Å²) in [5.41, 5.74) is -16.5. The number of hydrogen-bond donors (Lipinski definition) is 0. The molecule has 0 spiro atoms. The van der Waals surface area contributed by atoms with Gasteiger partial charge in [-0.1, -0.05) is 320 Å². The Morgan fingerprint density at radius 3 is 1.38 bits per heavy atom. The molecule has 3 heterocycles. The fraction of sp³-hybridized carbons (Fsp3) is 0.00971. The van der Waals surface area contributed by atoms with Gasteiger partial charge in [-0.25, -0.2) is 4.98 Å². The molecule has 0 unspecified atom stereocenters. The van der Waals surface area contributed by atoms with Gasteiger partial charge in [0.15, 0.2) is 8.07 Å². The van der Waals surface area contributed by atoms with Crippen molar-refractivity contribution >= 4 is 61.7 Å². The van der Waals surface area contributed by atoms with Crippen LogP contribution in [0.25, 0.3) is 139 Å². The number of rotatable bonds is 17. The molecule has 0 aliphatic heterocycles. The predicted octanol–water partition coefficient (Wildman–Crippen LogP) is 22.6. The summed E-state index contributed by atoms with van der Waals surface area (Å²) in [6.45, 7) is -3.10. The van der Waals surface area contributed by atoms with E-state index in [1.807, 2.05) is 0 Å². The van der Waals surface area contributed by atoms with Gasteiger partial charge in [0.1, 0.15) is 5.82 Å². The Balaban J connectivity index is 0.0000171. The molecule has 0 aliphatic rings. The van der Waals surface area contributed by atoms with Crippen LogP contribution in [0.4, 0.5) is 0 Å². The van der Waals surface area contributed by atoms with E-state index in [-0.39, 0.29) is 55.1 Å². The molecule has 0 radical (unpaired) electrons. The SMILES string of the molecule is [2H]c1c([2H])c([2H])c(-c2cnc(-n3c4[c-]c(Oc5[c-]c(-n6[c-][n+](-c7c(-c8c([2H])c(-c9c([2H])c([2H])c([2H])c([2H])c9[2H])c([2H])c(-c9c([2H])c([2H])c([2H])c([2H])c9[2H])c8[2H])cccc7-c7c([2H])c(-c8c([2H])c([2H])c([2H])c([2H])c8[2H])c([2H])c(-c8c([2H])c([2H])c([2H])c([2H])c8[2H])c7[2H])c7ccc(-c8c([2H])c([2H])c([2H])c([Si](c9c([2H])c([2H])c([2H])c([2H])c9[2H])(c9c([2H])c([2H])c([2H])c([2H])c9[2H])c9c([2H])c([2H])c([2H])c([2H])c9[2H])c8[2H])cc76)ccc5)ccc4c4ccccc43)cc2C([2H])([2H])[2H])c([2H])c1[2H].[Pt]. The quantitative estimate of drug-likeness (QED) is 0.0394. The molecule has 0 amide bonds. The first-order chi connectivity index (χ1) is 75.9. The van der Waals surface area contributed by atoms with Crippen molar-refractivity contribution in [1.82, 2.24) is 14.1 Å². The van der Waals surface area contributed by atoms with Crippen LogP contribution in [0.2, 0.25) is 0 Å². The summed E-state index contributed by atoms with van der Waals surface area (Å²) < 4.78 is 511. The van der Waals surface area contributed by atoms with Crippen molar-refractivity contribution in [3.63, 3.8) is 0 Å². The summed E-state index contributed by atoms with van der Waals surface area (Å²) in [4.78, 5) is 4.67. The average Bonchev–Trinajstić information content (AvgIpc) is 0.876. The van der Waals surface area contributed by atoms with Gasteiger partial charge < -0.3 is 13.9 Å². The molecule has 16 aromatic carbocycles. The summed E-state index contributed by atoms with van der Waals surface area (Å²) in [7, 11) is -6.71. The zero-order chi connectivity index (χ0) is 119. The van der Waals surface area contributed by atoms with Crippen LogP contribution in [-0.4, -0.2) is 22.2 Å². The molecule has 0 aliphatic carbocycles. The topological polar surface area (TPSA) is 35.9 Å². The number of hydrogen-bond acceptors (Lipinski definition) is 2. The number of fused-ring (bicyclic) bond motifs is 4. The Morgan fingerprint density at radius 2 is 0.845 bits per heavy atom. The Morgan fingerprint density at radius 1 is 0.373 bits per heavy atom. The molecule has 0 N–H and O–H groups in total. The second kappa shape index (κ2) is 29.8. The van der Waals surface area contributed by atoms with E-state index < -0.39 is 444 Å². The van der Waals surface area contributed by atoms with E-state index >= 15 is 0 Å². The zero-order valence-electron chi connectivity index (χ0n) is 109. The Kier molecular flexibility index (Phi) is 8.62. The van der Waals surface area contributed by atoms with E-state index in [0.717, 1.165) is 57.8 Å². The first kappa shape index (κ1) is 31.8. The molecular weight excluding hydrogens is 1530 g/mol. The molecule has 524 valence electrons. The number of imidazole rings is 1. The van der Waals surface area contributed by atoms with Crippen LogP contribution >= 0.6 is 0 Å². The van der Waals surface area contributed by atoms with E-state index in [2.05, 4.69) is 23.4 Å². The van der Waals surface area contributed by atoms with Crippen molar-refractivity contribution in [2.45, 2.75) is 6.85 Å². The van der Waals surface area contributed by atoms with Gasteiger partial charge >= 0.3 is 0 Å². The number of para-hydroxylation sites is 2. The molecule has 0 atom stereocenters. The molecule has 0 bridgehead atoms. The molecule has 19 aromatic rings. The number of benzene rings is 16. The monoisotopic (exact) mass is 1650 g/mol. The van der Waals surface area contributed by atoms with Gasteiger partial charge in [-0.05, 0) is 182 Å². The van der Waals surface area contributed by atoms with Gasteiger partial charge in [0.2, 0.25) is 0 Å². The molecule has 5 nitrogen and oxygen atoms in total. The van der Waals surface area contributed by atoms with Crippen molar-refractivity contribution in [2.24, 2.45) is 0 Å². The van der Waals surface area contributed by atoms with Crippen LogP contribution in [0.5, 0.6) is 11.5 Å². The van der Waals surface area contributed by atoms with E-state index in [0.29, 0.717) is 16.3 Å². The Bertz CT molecular complexity index is 9120. The first-order valence-electron chi connectivity index (χ1n) is 59.2. The minimum Gasteiger partial charge on any atom is -0.510 e. The fourth-order valence-electron chi connectivity index (χ4n) is 12.8. The third kappa shape index (κ3) is 12.8. The van der Waals surface area contributed by atoms with E-state index in [9.17, 15) is 41.1 Å². The number of pyridine rings is 1. The normalized spacial score (nSPS) is 18.3.